The zero-order chi connectivity index (χ0) is 9.26. The third kappa shape index (κ3) is 1.59. The van der Waals surface area contributed by atoms with Gasteiger partial charge in [-0.2, -0.15) is 0 Å². The van der Waals surface area contributed by atoms with Crippen LogP contribution < -0.4 is 4.90 Å². The molecule has 0 spiro atoms. The summed E-state index contributed by atoms with van der Waals surface area (Å²) in [7, 11) is 0. The fraction of sp³-hybridized carbons (Fsp3) is 0.200. The number of carbonyl (C=O) groups is 1. The van der Waals surface area contributed by atoms with Crippen LogP contribution in [0.4, 0.5) is 5.69 Å². The van der Waals surface area contributed by atoms with Gasteiger partial charge in [-0.05, 0) is 19.1 Å². The molecule has 66 valence electrons. The van der Waals surface area contributed by atoms with Crippen LogP contribution in [0.15, 0.2) is 29.3 Å². The molecule has 0 unspecified atom stereocenters. The van der Waals surface area contributed by atoms with Gasteiger partial charge in [0.2, 0.25) is 0 Å². The van der Waals surface area contributed by atoms with Gasteiger partial charge in [0.25, 0.3) is 5.91 Å². The Morgan fingerprint density at radius 2 is 2.00 bits per heavy atom. The largest absolute Gasteiger partial charge is 0.323 e. The summed E-state index contributed by atoms with van der Waals surface area (Å²) in [6, 6.07) is 8.01. The number of anilines is 1. The molecular weight excluding hydrogens is 164 g/mol. The van der Waals surface area contributed by atoms with Crippen LogP contribution in [0, 0.1) is 6.92 Å². The van der Waals surface area contributed by atoms with Crippen molar-refractivity contribution >= 4 is 17.9 Å². The molecule has 0 saturated heterocycles. The number of nitrogens with zero attached hydrogens (tertiary/aromatic N) is 2. The Labute approximate surface area is 76.7 Å². The van der Waals surface area contributed by atoms with Crippen molar-refractivity contribution in [1.82, 2.24) is 0 Å². The minimum Gasteiger partial charge on any atom is -0.323 e. The summed E-state index contributed by atoms with van der Waals surface area (Å²) in [4.78, 5) is 16.4. The minimum absolute atomic E-state index is 0.0828. The number of benzene rings is 1. The van der Waals surface area contributed by atoms with Crippen molar-refractivity contribution in [3.05, 3.63) is 29.8 Å². The summed E-state index contributed by atoms with van der Waals surface area (Å²) < 4.78 is 0. The van der Waals surface area contributed by atoms with E-state index in [2.05, 4.69) is 4.99 Å². The molecule has 0 fully saturated rings. The molecule has 0 aromatic heterocycles. The molecule has 1 aliphatic rings. The SMILES string of the molecule is Cc1ccc(N2C=NC(=O)C2)cc1. The van der Waals surface area contributed by atoms with E-state index in [1.165, 1.54) is 5.56 Å². The van der Waals surface area contributed by atoms with Crippen molar-refractivity contribution in [2.24, 2.45) is 4.99 Å². The van der Waals surface area contributed by atoms with Gasteiger partial charge in [-0.3, -0.25) is 4.79 Å². The van der Waals surface area contributed by atoms with Gasteiger partial charge in [-0.1, -0.05) is 17.7 Å². The zero-order valence-corrected chi connectivity index (χ0v) is 7.40. The summed E-state index contributed by atoms with van der Waals surface area (Å²) >= 11 is 0. The highest BCUT2D eigenvalue weighted by Gasteiger charge is 2.14. The highest BCUT2D eigenvalue weighted by molar-refractivity contribution is 6.01. The number of aryl methyl sites for hydroxylation is 1. The highest BCUT2D eigenvalue weighted by atomic mass is 16.1. The lowest BCUT2D eigenvalue weighted by atomic mass is 10.2. The van der Waals surface area contributed by atoms with Crippen molar-refractivity contribution in [1.29, 1.82) is 0 Å². The molecular formula is C10H10N2O. The molecule has 1 aromatic rings. The minimum atomic E-state index is -0.0828. The van der Waals surface area contributed by atoms with E-state index in [9.17, 15) is 4.79 Å². The van der Waals surface area contributed by atoms with Crippen molar-refractivity contribution < 1.29 is 4.79 Å². The maximum atomic E-state index is 10.9. The van der Waals surface area contributed by atoms with E-state index in [1.807, 2.05) is 36.1 Å². The second kappa shape index (κ2) is 3.01. The number of carbonyl (C=O) groups excluding carboxylic acids is 1. The van der Waals surface area contributed by atoms with Crippen LogP contribution in [0.2, 0.25) is 0 Å². The summed E-state index contributed by atoms with van der Waals surface area (Å²) in [5, 5.41) is 0. The number of amides is 1. The van der Waals surface area contributed by atoms with E-state index in [4.69, 9.17) is 0 Å². The molecule has 3 nitrogen and oxygen atoms in total. The van der Waals surface area contributed by atoms with Crippen LogP contribution in [0.1, 0.15) is 5.56 Å². The first-order valence-corrected chi connectivity index (χ1v) is 4.16. The van der Waals surface area contributed by atoms with Gasteiger partial charge in [-0.15, -0.1) is 0 Å². The van der Waals surface area contributed by atoms with Crippen molar-refractivity contribution in [2.45, 2.75) is 6.92 Å². The Kier molecular flexibility index (Phi) is 1.85. The van der Waals surface area contributed by atoms with Crippen LogP contribution in [-0.2, 0) is 4.79 Å². The summed E-state index contributed by atoms with van der Waals surface area (Å²) in [5.41, 5.74) is 2.23. The average Bonchev–Trinajstić information content (AvgIpc) is 2.53. The van der Waals surface area contributed by atoms with Crippen molar-refractivity contribution in [3.63, 3.8) is 0 Å². The van der Waals surface area contributed by atoms with Crippen LogP contribution in [0.5, 0.6) is 0 Å². The Morgan fingerprint density at radius 1 is 1.31 bits per heavy atom. The standard InChI is InChI=1S/C10H10N2O/c1-8-2-4-9(5-3-8)12-6-10(13)11-7-12/h2-5,7H,6H2,1H3. The Balaban J connectivity index is 2.22. The molecule has 1 amide bonds. The number of aliphatic imine (C=N–C) groups is 1. The van der Waals surface area contributed by atoms with Crippen LogP contribution in [0.3, 0.4) is 0 Å². The molecule has 0 bridgehead atoms. The second-order valence-corrected chi connectivity index (χ2v) is 3.10. The lowest BCUT2D eigenvalue weighted by Crippen LogP contribution is -2.19. The number of hydrogen-bond acceptors (Lipinski definition) is 2. The monoisotopic (exact) mass is 174 g/mol. The Hall–Kier alpha value is -1.64. The van der Waals surface area contributed by atoms with Crippen LogP contribution in [-0.4, -0.2) is 18.8 Å². The van der Waals surface area contributed by atoms with Gasteiger partial charge in [0.15, 0.2) is 0 Å². The van der Waals surface area contributed by atoms with E-state index in [-0.39, 0.29) is 5.91 Å². The van der Waals surface area contributed by atoms with E-state index < -0.39 is 0 Å². The zero-order valence-electron chi connectivity index (χ0n) is 7.40. The molecule has 0 N–H and O–H groups in total. The molecule has 3 heteroatoms. The van der Waals surface area contributed by atoms with Gasteiger partial charge >= 0.3 is 0 Å². The van der Waals surface area contributed by atoms with E-state index in [0.29, 0.717) is 6.54 Å². The topological polar surface area (TPSA) is 32.7 Å². The first-order chi connectivity index (χ1) is 6.25. The molecule has 0 radical (unpaired) electrons. The molecule has 13 heavy (non-hydrogen) atoms. The van der Waals surface area contributed by atoms with Gasteiger partial charge in [0.1, 0.15) is 6.54 Å². The Morgan fingerprint density at radius 3 is 2.54 bits per heavy atom. The summed E-state index contributed by atoms with van der Waals surface area (Å²) in [6.07, 6.45) is 1.58. The van der Waals surface area contributed by atoms with Gasteiger partial charge in [0, 0.05) is 5.69 Å². The average molecular weight is 174 g/mol. The summed E-state index contributed by atoms with van der Waals surface area (Å²) in [5.74, 6) is -0.0828. The van der Waals surface area contributed by atoms with Crippen LogP contribution >= 0.6 is 0 Å². The molecule has 0 atom stereocenters. The van der Waals surface area contributed by atoms with Gasteiger partial charge in [0.05, 0.1) is 6.34 Å². The molecule has 1 aliphatic heterocycles. The third-order valence-corrected chi connectivity index (χ3v) is 2.01. The van der Waals surface area contributed by atoms with Gasteiger partial charge < -0.3 is 4.90 Å². The van der Waals surface area contributed by atoms with E-state index >= 15 is 0 Å². The number of hydrogen-bond donors (Lipinski definition) is 0. The lowest BCUT2D eigenvalue weighted by molar-refractivity contribution is -0.115. The van der Waals surface area contributed by atoms with E-state index in [1.54, 1.807) is 6.34 Å². The normalized spacial score (nSPS) is 15.5. The first kappa shape index (κ1) is 7.98. The molecule has 1 aromatic carbocycles. The highest BCUT2D eigenvalue weighted by Crippen LogP contribution is 2.15. The maximum absolute atomic E-state index is 10.9. The second-order valence-electron chi connectivity index (χ2n) is 3.10. The summed E-state index contributed by atoms with van der Waals surface area (Å²) in [6.45, 7) is 2.40. The number of rotatable bonds is 1. The Bertz CT molecular complexity index is 354. The van der Waals surface area contributed by atoms with Crippen LogP contribution in [0.25, 0.3) is 0 Å². The third-order valence-electron chi connectivity index (χ3n) is 2.01. The predicted octanol–water partition coefficient (Wildman–Crippen LogP) is 1.37. The van der Waals surface area contributed by atoms with Crippen molar-refractivity contribution in [3.8, 4) is 0 Å². The maximum Gasteiger partial charge on any atom is 0.267 e. The fourth-order valence-electron chi connectivity index (χ4n) is 1.26. The first-order valence-electron chi connectivity index (χ1n) is 4.16. The van der Waals surface area contributed by atoms with E-state index in [0.717, 1.165) is 5.69 Å². The van der Waals surface area contributed by atoms with Crippen molar-refractivity contribution in [2.75, 3.05) is 11.4 Å². The molecule has 0 aliphatic carbocycles. The molecule has 0 saturated carbocycles. The lowest BCUT2D eigenvalue weighted by Gasteiger charge is -2.12. The molecule has 2 rings (SSSR count). The quantitative estimate of drug-likeness (QED) is 0.644. The fourth-order valence-corrected chi connectivity index (χ4v) is 1.26. The van der Waals surface area contributed by atoms with Gasteiger partial charge in [-0.25, -0.2) is 4.99 Å². The smallest absolute Gasteiger partial charge is 0.267 e. The molecule has 1 heterocycles. The predicted molar refractivity (Wildman–Crippen MR) is 52.0 cm³/mol.